The monoisotopic (exact) mass is 474 g/mol. The van der Waals surface area contributed by atoms with Crippen molar-refractivity contribution in [2.45, 2.75) is 57.3 Å². The molecule has 1 fully saturated rings. The molecule has 2 rings (SSSR count). The number of carbonyl (C=O) groups excluding carboxylic acids is 1. The lowest BCUT2D eigenvalue weighted by molar-refractivity contribution is -0.124. The number of halogens is 2. The Kier molecular flexibility index (Phi) is 8.75. The molecule has 0 aliphatic carbocycles. The summed E-state index contributed by atoms with van der Waals surface area (Å²) in [5.41, 5.74) is -1.29. The van der Waals surface area contributed by atoms with Gasteiger partial charge < -0.3 is 34.5 Å². The fourth-order valence-electron chi connectivity index (χ4n) is 2.98. The minimum Gasteiger partial charge on any atom is -0.493 e. The number of rotatable bonds is 10. The van der Waals surface area contributed by atoms with Crippen LogP contribution in [-0.2, 0) is 18.8 Å². The Morgan fingerprint density at radius 1 is 1.22 bits per heavy atom. The zero-order valence-electron chi connectivity index (χ0n) is 18.7. The standard InChI is InChI=1S/C20H29BClFN2O7/c1-19(2)20(3,4)32-21(31-19)16(25-17(26)15(11-29-5)24-18(27)28)8-9-30-12-6-7-13(22)14(23)10-12/h6-7,10,15-16,24H,8-9,11H2,1-5H3,(H,25,26)(H,27,28). The van der Waals surface area contributed by atoms with E-state index in [1.54, 1.807) is 0 Å². The number of methoxy groups -OCH3 is 1. The van der Waals surface area contributed by atoms with E-state index in [4.69, 9.17) is 35.5 Å². The molecule has 1 heterocycles. The predicted octanol–water partition coefficient (Wildman–Crippen LogP) is 2.65. The zero-order valence-corrected chi connectivity index (χ0v) is 19.5. The van der Waals surface area contributed by atoms with Gasteiger partial charge in [0, 0.05) is 19.6 Å². The highest BCUT2D eigenvalue weighted by Gasteiger charge is 2.54. The summed E-state index contributed by atoms with van der Waals surface area (Å²) in [5.74, 6) is -1.63. The van der Waals surface area contributed by atoms with Crippen molar-refractivity contribution in [2.24, 2.45) is 0 Å². The van der Waals surface area contributed by atoms with Gasteiger partial charge in [-0.05, 0) is 39.8 Å². The summed E-state index contributed by atoms with van der Waals surface area (Å²) in [4.78, 5) is 23.8. The van der Waals surface area contributed by atoms with Gasteiger partial charge in [-0.15, -0.1) is 0 Å². The van der Waals surface area contributed by atoms with Crippen LogP contribution in [0.15, 0.2) is 18.2 Å². The SMILES string of the molecule is COCC(NC(=O)O)C(=O)NC(CCOc1ccc(Cl)c(F)c1)B1OC(C)(C)C(C)(C)O1. The highest BCUT2D eigenvalue weighted by Crippen LogP contribution is 2.37. The van der Waals surface area contributed by atoms with Crippen LogP contribution in [0.3, 0.4) is 0 Å². The van der Waals surface area contributed by atoms with Gasteiger partial charge in [-0.3, -0.25) is 4.79 Å². The normalized spacial score (nSPS) is 18.7. The highest BCUT2D eigenvalue weighted by molar-refractivity contribution is 6.48. The number of hydrogen-bond acceptors (Lipinski definition) is 6. The highest BCUT2D eigenvalue weighted by atomic mass is 35.5. The number of ether oxygens (including phenoxy) is 2. The summed E-state index contributed by atoms with van der Waals surface area (Å²) in [6.07, 6.45) is -1.12. The molecule has 178 valence electrons. The van der Waals surface area contributed by atoms with E-state index in [0.29, 0.717) is 0 Å². The van der Waals surface area contributed by atoms with Gasteiger partial charge in [0.1, 0.15) is 17.6 Å². The maximum atomic E-state index is 13.6. The lowest BCUT2D eigenvalue weighted by Crippen LogP contribution is -2.56. The Morgan fingerprint density at radius 2 is 1.84 bits per heavy atom. The summed E-state index contributed by atoms with van der Waals surface area (Å²) in [7, 11) is 0.539. The van der Waals surface area contributed by atoms with Gasteiger partial charge in [0.25, 0.3) is 0 Å². The Morgan fingerprint density at radius 3 is 2.38 bits per heavy atom. The number of hydrogen-bond donors (Lipinski definition) is 3. The van der Waals surface area contributed by atoms with Crippen LogP contribution in [0, 0.1) is 5.82 Å². The molecule has 3 N–H and O–H groups in total. The largest absolute Gasteiger partial charge is 0.493 e. The van der Waals surface area contributed by atoms with Crippen LogP contribution in [0.2, 0.25) is 5.02 Å². The minimum absolute atomic E-state index is 0.0187. The molecule has 2 amide bonds. The molecule has 2 unspecified atom stereocenters. The van der Waals surface area contributed by atoms with Gasteiger partial charge in [0.2, 0.25) is 5.91 Å². The topological polar surface area (TPSA) is 115 Å². The lowest BCUT2D eigenvalue weighted by atomic mass is 9.76. The molecule has 12 heteroatoms. The molecule has 32 heavy (non-hydrogen) atoms. The third kappa shape index (κ3) is 6.71. The van der Waals surface area contributed by atoms with Crippen molar-refractivity contribution in [3.8, 4) is 5.75 Å². The Labute approximate surface area is 192 Å². The van der Waals surface area contributed by atoms with Crippen LogP contribution in [0.4, 0.5) is 9.18 Å². The number of carboxylic acid groups (broad SMARTS) is 1. The summed E-state index contributed by atoms with van der Waals surface area (Å²) < 4.78 is 36.3. The van der Waals surface area contributed by atoms with Gasteiger partial charge in [-0.25, -0.2) is 9.18 Å². The number of amides is 2. The molecule has 0 saturated carbocycles. The fourth-order valence-corrected chi connectivity index (χ4v) is 3.10. The molecule has 1 saturated heterocycles. The molecule has 0 spiro atoms. The van der Waals surface area contributed by atoms with E-state index < -0.39 is 48.1 Å². The van der Waals surface area contributed by atoms with Gasteiger partial charge in [0.15, 0.2) is 0 Å². The molecule has 2 atom stereocenters. The second-order valence-corrected chi connectivity index (χ2v) is 8.82. The molecule has 0 radical (unpaired) electrons. The van der Waals surface area contributed by atoms with Crippen LogP contribution < -0.4 is 15.4 Å². The molecule has 9 nitrogen and oxygen atoms in total. The van der Waals surface area contributed by atoms with Crippen LogP contribution in [0.25, 0.3) is 0 Å². The van der Waals surface area contributed by atoms with Crippen LogP contribution in [0.1, 0.15) is 34.1 Å². The molecule has 1 aliphatic heterocycles. The van der Waals surface area contributed by atoms with Gasteiger partial charge in [-0.2, -0.15) is 0 Å². The van der Waals surface area contributed by atoms with E-state index in [1.807, 2.05) is 27.7 Å². The van der Waals surface area contributed by atoms with Gasteiger partial charge in [-0.1, -0.05) is 11.6 Å². The zero-order chi connectivity index (χ0) is 24.1. The van der Waals surface area contributed by atoms with Gasteiger partial charge in [0.05, 0.1) is 35.4 Å². The smallest absolute Gasteiger partial charge is 0.481 e. The molecule has 1 aromatic carbocycles. The van der Waals surface area contributed by atoms with Crippen molar-refractivity contribution in [1.82, 2.24) is 10.6 Å². The number of nitrogens with one attached hydrogen (secondary N) is 2. The molecule has 1 aromatic rings. The van der Waals surface area contributed by atoms with Gasteiger partial charge >= 0.3 is 13.2 Å². The Balaban J connectivity index is 2.12. The molecular formula is C20H29BClFN2O7. The summed E-state index contributed by atoms with van der Waals surface area (Å²) in [6.45, 7) is 7.43. The van der Waals surface area contributed by atoms with Crippen molar-refractivity contribution in [1.29, 1.82) is 0 Å². The van der Waals surface area contributed by atoms with E-state index >= 15 is 0 Å². The quantitative estimate of drug-likeness (QED) is 0.447. The predicted molar refractivity (Wildman–Crippen MR) is 116 cm³/mol. The van der Waals surface area contributed by atoms with Crippen molar-refractivity contribution in [2.75, 3.05) is 20.3 Å². The Bertz CT molecular complexity index is 811. The van der Waals surface area contributed by atoms with E-state index in [0.717, 1.165) is 6.07 Å². The maximum absolute atomic E-state index is 13.6. The minimum atomic E-state index is -1.36. The lowest BCUT2D eigenvalue weighted by Gasteiger charge is -2.32. The number of carbonyl (C=O) groups is 2. The van der Waals surface area contributed by atoms with E-state index in [-0.39, 0.29) is 30.4 Å². The molecular weight excluding hydrogens is 445 g/mol. The molecule has 0 aromatic heterocycles. The third-order valence-electron chi connectivity index (χ3n) is 5.46. The first-order valence-electron chi connectivity index (χ1n) is 10.1. The van der Waals surface area contributed by atoms with Crippen molar-refractivity contribution >= 4 is 30.7 Å². The summed E-state index contributed by atoms with van der Waals surface area (Å²) in [6, 6.07) is 2.94. The maximum Gasteiger partial charge on any atom is 0.481 e. The van der Waals surface area contributed by atoms with Crippen molar-refractivity contribution in [3.05, 3.63) is 29.0 Å². The molecule has 0 bridgehead atoms. The summed E-state index contributed by atoms with van der Waals surface area (Å²) >= 11 is 5.68. The summed E-state index contributed by atoms with van der Waals surface area (Å²) in [5, 5.41) is 13.9. The van der Waals surface area contributed by atoms with E-state index in [1.165, 1.54) is 19.2 Å². The average molecular weight is 475 g/mol. The first kappa shape index (κ1) is 26.2. The second-order valence-electron chi connectivity index (χ2n) is 8.41. The van der Waals surface area contributed by atoms with Crippen LogP contribution in [-0.4, -0.2) is 67.7 Å². The fraction of sp³-hybridized carbons (Fsp3) is 0.600. The molecule has 1 aliphatic rings. The van der Waals surface area contributed by atoms with E-state index in [9.17, 15) is 14.0 Å². The number of benzene rings is 1. The third-order valence-corrected chi connectivity index (χ3v) is 5.77. The van der Waals surface area contributed by atoms with E-state index in [2.05, 4.69) is 10.6 Å². The first-order chi connectivity index (χ1) is 14.9. The first-order valence-corrected chi connectivity index (χ1v) is 10.5. The van der Waals surface area contributed by atoms with Crippen molar-refractivity contribution in [3.63, 3.8) is 0 Å². The van der Waals surface area contributed by atoms with Crippen molar-refractivity contribution < 1.29 is 37.9 Å². The van der Waals surface area contributed by atoms with Crippen LogP contribution in [0.5, 0.6) is 5.75 Å². The second kappa shape index (κ2) is 10.7. The van der Waals surface area contributed by atoms with Crippen LogP contribution >= 0.6 is 11.6 Å². The Hall–Kier alpha value is -2.08. The average Bonchev–Trinajstić information content (AvgIpc) is 2.90.